The first-order valence-electron chi connectivity index (χ1n) is 6.36. The van der Waals surface area contributed by atoms with E-state index in [1.54, 1.807) is 42.7 Å². The predicted molar refractivity (Wildman–Crippen MR) is 89.4 cm³/mol. The molecule has 112 valence electrons. The number of nitrogens with one attached hydrogen (secondary N) is 1. The van der Waals surface area contributed by atoms with Crippen LogP contribution >= 0.6 is 35.4 Å². The van der Waals surface area contributed by atoms with E-state index < -0.39 is 0 Å². The molecular weight excluding hydrogens is 343 g/mol. The van der Waals surface area contributed by atoms with Crippen LogP contribution in [-0.2, 0) is 11.3 Å². The van der Waals surface area contributed by atoms with Gasteiger partial charge in [0.25, 0.3) is 5.91 Å². The molecule has 7 heteroatoms. The van der Waals surface area contributed by atoms with Crippen LogP contribution < -0.4 is 5.32 Å². The molecule has 1 aliphatic heterocycles. The summed E-state index contributed by atoms with van der Waals surface area (Å²) in [6.07, 6.45) is 3.23. The van der Waals surface area contributed by atoms with Gasteiger partial charge < -0.3 is 9.73 Å². The Morgan fingerprint density at radius 2 is 2.09 bits per heavy atom. The van der Waals surface area contributed by atoms with Gasteiger partial charge in [-0.1, -0.05) is 29.3 Å². The smallest absolute Gasteiger partial charge is 0.276 e. The SMILES string of the molecule is O=C1/C(=C/c2ccc(Cl)c(Cl)c2)NC(=S)N1Cc1ccco1. The van der Waals surface area contributed by atoms with E-state index in [9.17, 15) is 4.79 Å². The summed E-state index contributed by atoms with van der Waals surface area (Å²) in [6, 6.07) is 8.68. The number of carbonyl (C=O) groups excluding carboxylic acids is 1. The van der Waals surface area contributed by atoms with Crippen LogP contribution in [0, 0.1) is 0 Å². The maximum absolute atomic E-state index is 12.4. The fourth-order valence-corrected chi connectivity index (χ4v) is 2.61. The first-order chi connectivity index (χ1) is 10.5. The van der Waals surface area contributed by atoms with Gasteiger partial charge in [0.05, 0.1) is 22.9 Å². The standard InChI is InChI=1S/C15H10Cl2N2O2S/c16-11-4-3-9(6-12(11)17)7-13-14(20)19(15(22)18-13)8-10-2-1-5-21-10/h1-7H,8H2,(H,18,22)/b13-7-. The van der Waals surface area contributed by atoms with Crippen molar-refractivity contribution in [3.05, 3.63) is 63.7 Å². The summed E-state index contributed by atoms with van der Waals surface area (Å²) in [4.78, 5) is 13.8. The lowest BCUT2D eigenvalue weighted by Crippen LogP contribution is -2.29. The number of carbonyl (C=O) groups is 1. The lowest BCUT2D eigenvalue weighted by molar-refractivity contribution is -0.122. The van der Waals surface area contributed by atoms with E-state index in [1.165, 1.54) is 4.90 Å². The Morgan fingerprint density at radius 3 is 2.77 bits per heavy atom. The Labute approximate surface area is 142 Å². The van der Waals surface area contributed by atoms with E-state index in [2.05, 4.69) is 5.32 Å². The zero-order valence-corrected chi connectivity index (χ0v) is 13.5. The van der Waals surface area contributed by atoms with Gasteiger partial charge >= 0.3 is 0 Å². The van der Waals surface area contributed by atoms with Gasteiger partial charge in [-0.2, -0.15) is 0 Å². The van der Waals surface area contributed by atoms with Crippen LogP contribution in [0.15, 0.2) is 46.7 Å². The molecule has 2 heterocycles. The van der Waals surface area contributed by atoms with Crippen molar-refractivity contribution in [2.75, 3.05) is 0 Å². The second kappa shape index (κ2) is 6.12. The molecule has 1 amide bonds. The summed E-state index contributed by atoms with van der Waals surface area (Å²) in [5, 5.41) is 4.13. The van der Waals surface area contributed by atoms with Gasteiger partial charge in [-0.15, -0.1) is 0 Å². The van der Waals surface area contributed by atoms with Gasteiger partial charge in [-0.3, -0.25) is 9.69 Å². The Bertz CT molecular complexity index is 772. The minimum absolute atomic E-state index is 0.215. The van der Waals surface area contributed by atoms with Gasteiger partial charge in [0.15, 0.2) is 5.11 Å². The number of thiocarbonyl (C=S) groups is 1. The Hall–Kier alpha value is -1.82. The van der Waals surface area contributed by atoms with E-state index in [0.29, 0.717) is 26.6 Å². The van der Waals surface area contributed by atoms with Crippen molar-refractivity contribution in [2.45, 2.75) is 6.54 Å². The topological polar surface area (TPSA) is 45.5 Å². The second-order valence-corrected chi connectivity index (χ2v) is 5.83. The molecule has 0 spiro atoms. The van der Waals surface area contributed by atoms with E-state index in [0.717, 1.165) is 5.56 Å². The molecule has 1 N–H and O–H groups in total. The Kier molecular flexibility index (Phi) is 4.20. The third-order valence-electron chi connectivity index (χ3n) is 3.11. The highest BCUT2D eigenvalue weighted by atomic mass is 35.5. The van der Waals surface area contributed by atoms with Crippen LogP contribution in [0.4, 0.5) is 0 Å². The minimum atomic E-state index is -0.215. The molecule has 0 aliphatic carbocycles. The third-order valence-corrected chi connectivity index (χ3v) is 4.17. The average molecular weight is 353 g/mol. The summed E-state index contributed by atoms with van der Waals surface area (Å²) in [5.74, 6) is 0.445. The minimum Gasteiger partial charge on any atom is -0.467 e. The molecule has 3 rings (SSSR count). The van der Waals surface area contributed by atoms with Crippen LogP contribution in [0.2, 0.25) is 10.0 Å². The van der Waals surface area contributed by atoms with Crippen LogP contribution in [0.3, 0.4) is 0 Å². The zero-order valence-electron chi connectivity index (χ0n) is 11.2. The molecule has 0 radical (unpaired) electrons. The normalized spacial score (nSPS) is 16.5. The van der Waals surface area contributed by atoms with E-state index in [-0.39, 0.29) is 12.5 Å². The summed E-state index contributed by atoms with van der Waals surface area (Å²) >= 11 is 17.0. The Morgan fingerprint density at radius 1 is 1.27 bits per heavy atom. The van der Waals surface area contributed by atoms with Crippen molar-refractivity contribution in [2.24, 2.45) is 0 Å². The zero-order chi connectivity index (χ0) is 15.7. The summed E-state index contributed by atoms with van der Waals surface area (Å²) < 4.78 is 5.24. The van der Waals surface area contributed by atoms with Crippen molar-refractivity contribution < 1.29 is 9.21 Å². The monoisotopic (exact) mass is 352 g/mol. The molecular formula is C15H10Cl2N2O2S. The maximum Gasteiger partial charge on any atom is 0.276 e. The van der Waals surface area contributed by atoms with E-state index in [4.69, 9.17) is 39.8 Å². The molecule has 1 fully saturated rings. The number of furan rings is 1. The molecule has 0 unspecified atom stereocenters. The van der Waals surface area contributed by atoms with Gasteiger partial charge in [0.1, 0.15) is 11.5 Å². The largest absolute Gasteiger partial charge is 0.467 e. The number of hydrogen-bond acceptors (Lipinski definition) is 3. The molecule has 1 saturated heterocycles. The molecule has 1 aromatic carbocycles. The summed E-state index contributed by atoms with van der Waals surface area (Å²) in [6.45, 7) is 0.288. The molecule has 1 aliphatic rings. The van der Waals surface area contributed by atoms with Crippen molar-refractivity contribution >= 4 is 52.5 Å². The number of rotatable bonds is 3. The van der Waals surface area contributed by atoms with Gasteiger partial charge in [-0.25, -0.2) is 0 Å². The van der Waals surface area contributed by atoms with Gasteiger partial charge in [0.2, 0.25) is 0 Å². The highest BCUT2D eigenvalue weighted by molar-refractivity contribution is 7.80. The molecule has 0 saturated carbocycles. The van der Waals surface area contributed by atoms with Crippen LogP contribution in [0.5, 0.6) is 0 Å². The third kappa shape index (κ3) is 3.02. The van der Waals surface area contributed by atoms with Crippen molar-refractivity contribution in [3.8, 4) is 0 Å². The molecule has 1 aromatic heterocycles. The highest BCUT2D eigenvalue weighted by Crippen LogP contribution is 2.24. The first-order valence-corrected chi connectivity index (χ1v) is 7.53. The molecule has 22 heavy (non-hydrogen) atoms. The number of amides is 1. The average Bonchev–Trinajstić information content (AvgIpc) is 3.08. The van der Waals surface area contributed by atoms with Crippen molar-refractivity contribution in [3.63, 3.8) is 0 Å². The number of halogens is 2. The van der Waals surface area contributed by atoms with Crippen LogP contribution in [0.1, 0.15) is 11.3 Å². The van der Waals surface area contributed by atoms with E-state index in [1.807, 2.05) is 0 Å². The fourth-order valence-electron chi connectivity index (χ4n) is 2.04. The molecule has 4 nitrogen and oxygen atoms in total. The van der Waals surface area contributed by atoms with Gasteiger partial charge in [0, 0.05) is 0 Å². The van der Waals surface area contributed by atoms with Crippen LogP contribution in [-0.4, -0.2) is 15.9 Å². The van der Waals surface area contributed by atoms with Crippen LogP contribution in [0.25, 0.3) is 6.08 Å². The quantitative estimate of drug-likeness (QED) is 0.673. The molecule has 0 atom stereocenters. The first kappa shape index (κ1) is 15.1. The second-order valence-electron chi connectivity index (χ2n) is 4.63. The number of hydrogen-bond donors (Lipinski definition) is 1. The van der Waals surface area contributed by atoms with E-state index >= 15 is 0 Å². The lowest BCUT2D eigenvalue weighted by Gasteiger charge is -2.11. The number of nitrogens with zero attached hydrogens (tertiary/aromatic N) is 1. The Balaban J connectivity index is 1.83. The summed E-state index contributed by atoms with van der Waals surface area (Å²) in [5.41, 5.74) is 1.14. The predicted octanol–water partition coefficient (Wildman–Crippen LogP) is 3.84. The van der Waals surface area contributed by atoms with Gasteiger partial charge in [-0.05, 0) is 48.1 Å². The molecule has 2 aromatic rings. The fraction of sp³-hybridized carbons (Fsp3) is 0.0667. The van der Waals surface area contributed by atoms with Crippen molar-refractivity contribution in [1.29, 1.82) is 0 Å². The maximum atomic E-state index is 12.4. The highest BCUT2D eigenvalue weighted by Gasteiger charge is 2.31. The number of benzene rings is 1. The lowest BCUT2D eigenvalue weighted by atomic mass is 10.2. The molecule has 0 bridgehead atoms. The summed E-state index contributed by atoms with van der Waals surface area (Å²) in [7, 11) is 0. The van der Waals surface area contributed by atoms with Crippen molar-refractivity contribution in [1.82, 2.24) is 10.2 Å².